The molecule has 7 heteroatoms. The van der Waals surface area contributed by atoms with E-state index in [1.807, 2.05) is 25.1 Å². The molecule has 106 valence electrons. The van der Waals surface area contributed by atoms with Crippen molar-refractivity contribution < 1.29 is 9.72 Å². The van der Waals surface area contributed by atoms with E-state index in [0.717, 1.165) is 22.1 Å². The summed E-state index contributed by atoms with van der Waals surface area (Å²) >= 11 is 3.37. The van der Waals surface area contributed by atoms with Crippen LogP contribution in [0.1, 0.15) is 24.9 Å². The highest BCUT2D eigenvalue weighted by atomic mass is 79.9. The topological polar surface area (TPSA) is 66.5 Å². The lowest BCUT2D eigenvalue weighted by molar-refractivity contribution is -0.535. The highest BCUT2D eigenvalue weighted by molar-refractivity contribution is 9.10. The summed E-state index contributed by atoms with van der Waals surface area (Å²) in [5, 5.41) is 11.5. The molecule has 1 saturated heterocycles. The van der Waals surface area contributed by atoms with E-state index in [1.165, 1.54) is 4.90 Å². The van der Waals surface area contributed by atoms with Crippen molar-refractivity contribution in [3.63, 3.8) is 0 Å². The minimum Gasteiger partial charge on any atom is -0.307 e. The predicted octanol–water partition coefficient (Wildman–Crippen LogP) is 2.17. The van der Waals surface area contributed by atoms with Crippen LogP contribution in [0.2, 0.25) is 0 Å². The van der Waals surface area contributed by atoms with Crippen molar-refractivity contribution in [2.24, 2.45) is 0 Å². The Labute approximate surface area is 124 Å². The maximum atomic E-state index is 12.5. The zero-order chi connectivity index (χ0) is 14.7. The van der Waals surface area contributed by atoms with Crippen LogP contribution in [0, 0.1) is 10.1 Å². The van der Waals surface area contributed by atoms with Crippen LogP contribution < -0.4 is 4.90 Å². The summed E-state index contributed by atoms with van der Waals surface area (Å²) in [5.41, 5.74) is -0.00288. The molecule has 0 aromatic heterocycles. The van der Waals surface area contributed by atoms with Crippen molar-refractivity contribution in [3.05, 3.63) is 38.3 Å². The van der Waals surface area contributed by atoms with E-state index in [0.29, 0.717) is 6.54 Å². The summed E-state index contributed by atoms with van der Waals surface area (Å²) < 4.78 is 0.854. The standard InChI is InChI=1S/C13H14BrN3O3/c1-3-6-16-11-9-5-4-8(14)7-10(9)15(2)12(18)13(11,16)17(19)20/h4-5,7,11H,3,6H2,1-2H3/t11-,13+,16?/m1/s1. The molecule has 0 radical (unpaired) electrons. The minimum atomic E-state index is -1.59. The van der Waals surface area contributed by atoms with E-state index in [4.69, 9.17) is 0 Å². The Kier molecular flexibility index (Phi) is 2.88. The molecule has 0 aliphatic carbocycles. The van der Waals surface area contributed by atoms with Crippen molar-refractivity contribution in [3.8, 4) is 0 Å². The number of hydrogen-bond acceptors (Lipinski definition) is 4. The van der Waals surface area contributed by atoms with Gasteiger partial charge in [0.05, 0.1) is 4.92 Å². The molecule has 1 fully saturated rings. The second kappa shape index (κ2) is 4.26. The number of nitrogens with zero attached hydrogens (tertiary/aromatic N) is 3. The van der Waals surface area contributed by atoms with Crippen LogP contribution in [-0.2, 0) is 4.79 Å². The van der Waals surface area contributed by atoms with Crippen molar-refractivity contribution in [2.75, 3.05) is 18.5 Å². The SMILES string of the molecule is CCCN1[C@@H]2c3ccc(Br)cc3N(C)C(=O)[C@@]21[N+](=O)[O-]. The summed E-state index contributed by atoms with van der Waals surface area (Å²) in [6.45, 7) is 2.50. The lowest BCUT2D eigenvalue weighted by atomic mass is 9.98. The maximum Gasteiger partial charge on any atom is 0.376 e. The molecule has 1 unspecified atom stereocenters. The molecule has 6 nitrogen and oxygen atoms in total. The molecule has 0 N–H and O–H groups in total. The molecule has 20 heavy (non-hydrogen) atoms. The van der Waals surface area contributed by atoms with Crippen LogP contribution in [0.5, 0.6) is 0 Å². The van der Waals surface area contributed by atoms with Gasteiger partial charge in [-0.25, -0.2) is 4.90 Å². The van der Waals surface area contributed by atoms with Crippen LogP contribution in [0.25, 0.3) is 0 Å². The Morgan fingerprint density at radius 2 is 2.20 bits per heavy atom. The van der Waals surface area contributed by atoms with Gasteiger partial charge in [-0.1, -0.05) is 28.9 Å². The lowest BCUT2D eigenvalue weighted by Gasteiger charge is -2.25. The zero-order valence-corrected chi connectivity index (χ0v) is 12.8. The van der Waals surface area contributed by atoms with Gasteiger partial charge in [-0.05, 0) is 18.6 Å². The Balaban J connectivity index is 2.17. The number of carbonyl (C=O) groups is 1. The second-order valence-electron chi connectivity index (χ2n) is 5.15. The Hall–Kier alpha value is -1.47. The van der Waals surface area contributed by atoms with Gasteiger partial charge in [0, 0.05) is 29.3 Å². The van der Waals surface area contributed by atoms with Gasteiger partial charge in [-0.15, -0.1) is 0 Å². The Bertz CT molecular complexity index is 621. The number of likely N-dealkylation sites (N-methyl/N-ethyl adjacent to an activating group) is 1. The smallest absolute Gasteiger partial charge is 0.307 e. The molecule has 2 aliphatic heterocycles. The van der Waals surface area contributed by atoms with E-state index in [-0.39, 0.29) is 0 Å². The monoisotopic (exact) mass is 339 g/mol. The number of amides is 1. The first kappa shape index (κ1) is 13.5. The molecule has 1 aromatic rings. The molecule has 3 atom stereocenters. The van der Waals surface area contributed by atoms with Gasteiger partial charge in [0.15, 0.2) is 0 Å². The molecular weight excluding hydrogens is 326 g/mol. The molecule has 0 saturated carbocycles. The van der Waals surface area contributed by atoms with E-state index in [9.17, 15) is 14.9 Å². The summed E-state index contributed by atoms with van der Waals surface area (Å²) in [4.78, 5) is 26.7. The van der Waals surface area contributed by atoms with E-state index in [1.54, 1.807) is 11.9 Å². The maximum absolute atomic E-state index is 12.5. The average Bonchev–Trinajstić information content (AvgIpc) is 3.07. The highest BCUT2D eigenvalue weighted by Crippen LogP contribution is 2.59. The number of halogens is 1. The van der Waals surface area contributed by atoms with E-state index in [2.05, 4.69) is 15.9 Å². The van der Waals surface area contributed by atoms with E-state index >= 15 is 0 Å². The largest absolute Gasteiger partial charge is 0.376 e. The normalized spacial score (nSPS) is 30.8. The number of fused-ring (bicyclic) bond motifs is 3. The number of carbonyl (C=O) groups excluding carboxylic acids is 1. The molecule has 3 rings (SSSR count). The molecular formula is C13H14BrN3O3. The first-order chi connectivity index (χ1) is 9.46. The minimum absolute atomic E-state index is 0.433. The summed E-state index contributed by atoms with van der Waals surface area (Å²) in [7, 11) is 1.59. The highest BCUT2D eigenvalue weighted by Gasteiger charge is 2.82. The average molecular weight is 340 g/mol. The second-order valence-corrected chi connectivity index (χ2v) is 6.06. The fourth-order valence-electron chi connectivity index (χ4n) is 3.18. The third-order valence-electron chi connectivity index (χ3n) is 4.07. The number of anilines is 1. The fraction of sp³-hybridized carbons (Fsp3) is 0.462. The summed E-state index contributed by atoms with van der Waals surface area (Å²) in [6.07, 6.45) is 0.773. The van der Waals surface area contributed by atoms with Crippen molar-refractivity contribution in [1.82, 2.24) is 4.90 Å². The lowest BCUT2D eigenvalue weighted by Crippen LogP contribution is -2.49. The van der Waals surface area contributed by atoms with Crippen molar-refractivity contribution in [1.29, 1.82) is 0 Å². The van der Waals surface area contributed by atoms with Gasteiger partial charge in [0.25, 0.3) is 0 Å². The van der Waals surface area contributed by atoms with Crippen LogP contribution in [0.15, 0.2) is 22.7 Å². The van der Waals surface area contributed by atoms with Crippen LogP contribution >= 0.6 is 15.9 Å². The molecule has 0 bridgehead atoms. The number of hydrogen-bond donors (Lipinski definition) is 0. The first-order valence-electron chi connectivity index (χ1n) is 6.45. The quantitative estimate of drug-likeness (QED) is 0.481. The van der Waals surface area contributed by atoms with Crippen molar-refractivity contribution >= 4 is 27.5 Å². The van der Waals surface area contributed by atoms with Gasteiger partial charge >= 0.3 is 11.6 Å². The zero-order valence-electron chi connectivity index (χ0n) is 11.2. The number of nitro groups is 1. The molecule has 0 spiro atoms. The molecule has 2 aliphatic rings. The van der Waals surface area contributed by atoms with Gasteiger partial charge in [-0.3, -0.25) is 14.9 Å². The van der Waals surface area contributed by atoms with Crippen LogP contribution in [0.4, 0.5) is 5.69 Å². The fourth-order valence-corrected chi connectivity index (χ4v) is 3.52. The third kappa shape index (κ3) is 1.44. The molecule has 2 heterocycles. The number of rotatable bonds is 3. The molecule has 1 amide bonds. The Morgan fingerprint density at radius 1 is 1.50 bits per heavy atom. The third-order valence-corrected chi connectivity index (χ3v) is 4.57. The predicted molar refractivity (Wildman–Crippen MR) is 77.0 cm³/mol. The van der Waals surface area contributed by atoms with Gasteiger partial charge in [0.1, 0.15) is 6.04 Å². The molecule has 1 aromatic carbocycles. The van der Waals surface area contributed by atoms with Gasteiger partial charge < -0.3 is 4.90 Å². The van der Waals surface area contributed by atoms with Crippen molar-refractivity contribution in [2.45, 2.75) is 25.0 Å². The summed E-state index contributed by atoms with van der Waals surface area (Å²) in [6, 6.07) is 5.11. The van der Waals surface area contributed by atoms with Gasteiger partial charge in [0.2, 0.25) is 0 Å². The number of benzene rings is 1. The van der Waals surface area contributed by atoms with Gasteiger partial charge in [-0.2, -0.15) is 0 Å². The Morgan fingerprint density at radius 3 is 2.80 bits per heavy atom. The van der Waals surface area contributed by atoms with Crippen LogP contribution in [0.3, 0.4) is 0 Å². The van der Waals surface area contributed by atoms with E-state index < -0.39 is 22.5 Å². The first-order valence-corrected chi connectivity index (χ1v) is 7.24. The summed E-state index contributed by atoms with van der Waals surface area (Å²) in [5.74, 6) is -0.452. The van der Waals surface area contributed by atoms with Crippen LogP contribution in [-0.4, -0.2) is 35.0 Å².